The summed E-state index contributed by atoms with van der Waals surface area (Å²) >= 11 is 0. The molecule has 4 heteroatoms. The van der Waals surface area contributed by atoms with Gasteiger partial charge in [0.25, 0.3) is 5.56 Å². The molecule has 0 aromatic carbocycles. The number of nitrogens with zero attached hydrogens (tertiary/aromatic N) is 2. The number of hydrogen-bond acceptors (Lipinski definition) is 2. The Hall–Kier alpha value is -1.19. The Morgan fingerprint density at radius 3 is 2.11 bits per heavy atom. The van der Waals surface area contributed by atoms with Gasteiger partial charge in [0.2, 0.25) is 0 Å². The maximum Gasteiger partial charge on any atom is 0.268 e. The molecule has 2 N–H and O–H groups in total. The van der Waals surface area contributed by atoms with E-state index in [2.05, 4.69) is 0 Å². The van der Waals surface area contributed by atoms with Crippen LogP contribution in [-0.4, -0.2) is 9.36 Å². The van der Waals surface area contributed by atoms with E-state index in [0.717, 1.165) is 0 Å². The summed E-state index contributed by atoms with van der Waals surface area (Å²) in [5.41, 5.74) is 5.31. The summed E-state index contributed by atoms with van der Waals surface area (Å²) in [7, 11) is 3.40. The minimum absolute atomic E-state index is 0.0741. The van der Waals surface area contributed by atoms with Crippen molar-refractivity contribution in [3.63, 3.8) is 0 Å². The SMILES string of the molecule is Cn1c(N)cc(=O)n1C. The minimum Gasteiger partial charge on any atom is -0.384 e. The molecule has 1 aromatic heterocycles. The fourth-order valence-electron chi connectivity index (χ4n) is 0.634. The number of rotatable bonds is 0. The van der Waals surface area contributed by atoms with Gasteiger partial charge in [0.05, 0.1) is 0 Å². The van der Waals surface area contributed by atoms with Crippen LogP contribution in [0.4, 0.5) is 5.82 Å². The first-order valence-electron chi connectivity index (χ1n) is 2.61. The number of nitrogen functional groups attached to an aromatic ring is 1. The van der Waals surface area contributed by atoms with E-state index in [1.54, 1.807) is 18.8 Å². The molecule has 0 unspecified atom stereocenters. The van der Waals surface area contributed by atoms with E-state index in [1.165, 1.54) is 10.7 Å². The quantitative estimate of drug-likeness (QED) is 0.501. The predicted molar refractivity (Wildman–Crippen MR) is 35.1 cm³/mol. The highest BCUT2D eigenvalue weighted by molar-refractivity contribution is 5.25. The van der Waals surface area contributed by atoms with Crippen molar-refractivity contribution in [2.45, 2.75) is 0 Å². The molecular weight excluding hydrogens is 118 g/mol. The normalized spacial score (nSPS) is 10.0. The monoisotopic (exact) mass is 127 g/mol. The van der Waals surface area contributed by atoms with Gasteiger partial charge in [-0.3, -0.25) is 14.2 Å². The summed E-state index contributed by atoms with van der Waals surface area (Å²) in [6, 6.07) is 1.39. The Labute approximate surface area is 52.5 Å². The second-order valence-electron chi connectivity index (χ2n) is 1.95. The van der Waals surface area contributed by atoms with Crippen molar-refractivity contribution in [3.8, 4) is 0 Å². The minimum atomic E-state index is -0.0741. The fourth-order valence-corrected chi connectivity index (χ4v) is 0.634. The first-order chi connectivity index (χ1) is 4.13. The van der Waals surface area contributed by atoms with Crippen molar-refractivity contribution >= 4 is 5.82 Å². The van der Waals surface area contributed by atoms with Crippen LogP contribution in [0.1, 0.15) is 0 Å². The van der Waals surface area contributed by atoms with Crippen molar-refractivity contribution in [2.24, 2.45) is 14.1 Å². The molecule has 0 saturated carbocycles. The highest BCUT2D eigenvalue weighted by atomic mass is 16.1. The average Bonchev–Trinajstić information content (AvgIpc) is 1.98. The zero-order valence-electron chi connectivity index (χ0n) is 5.46. The van der Waals surface area contributed by atoms with Gasteiger partial charge in [0.15, 0.2) is 0 Å². The summed E-state index contributed by atoms with van der Waals surface area (Å²) in [5.74, 6) is 0.488. The molecule has 0 amide bonds. The van der Waals surface area contributed by atoms with Gasteiger partial charge in [-0.2, -0.15) is 0 Å². The first-order valence-corrected chi connectivity index (χ1v) is 2.61. The number of hydrogen-bond donors (Lipinski definition) is 1. The van der Waals surface area contributed by atoms with Crippen molar-refractivity contribution in [2.75, 3.05) is 5.73 Å². The van der Waals surface area contributed by atoms with Gasteiger partial charge < -0.3 is 5.73 Å². The molecule has 0 aliphatic heterocycles. The molecule has 1 rings (SSSR count). The van der Waals surface area contributed by atoms with E-state index in [4.69, 9.17) is 5.73 Å². The summed E-state index contributed by atoms with van der Waals surface area (Å²) < 4.78 is 3.03. The topological polar surface area (TPSA) is 52.9 Å². The first kappa shape index (κ1) is 5.94. The third-order valence-electron chi connectivity index (χ3n) is 1.41. The standard InChI is InChI=1S/C5H9N3O/c1-7-4(6)3-5(9)8(7)2/h3H,6H2,1-2H3. The number of aromatic nitrogens is 2. The van der Waals surface area contributed by atoms with Crippen LogP contribution in [-0.2, 0) is 14.1 Å². The zero-order chi connectivity index (χ0) is 7.02. The van der Waals surface area contributed by atoms with E-state index in [9.17, 15) is 4.79 Å². The van der Waals surface area contributed by atoms with E-state index >= 15 is 0 Å². The number of nitrogens with two attached hydrogens (primary N) is 1. The lowest BCUT2D eigenvalue weighted by atomic mass is 10.6. The largest absolute Gasteiger partial charge is 0.384 e. The van der Waals surface area contributed by atoms with Gasteiger partial charge in [-0.05, 0) is 0 Å². The van der Waals surface area contributed by atoms with Crippen molar-refractivity contribution < 1.29 is 0 Å². The molecular formula is C5H9N3O. The van der Waals surface area contributed by atoms with Crippen LogP contribution in [0, 0.1) is 0 Å². The fraction of sp³-hybridized carbons (Fsp3) is 0.400. The van der Waals surface area contributed by atoms with Crippen LogP contribution in [0.2, 0.25) is 0 Å². The Kier molecular flexibility index (Phi) is 1.09. The third kappa shape index (κ3) is 0.718. The lowest BCUT2D eigenvalue weighted by molar-refractivity contribution is 0.586. The molecule has 0 spiro atoms. The Morgan fingerprint density at radius 1 is 1.44 bits per heavy atom. The van der Waals surface area contributed by atoms with Crippen LogP contribution in [0.3, 0.4) is 0 Å². The van der Waals surface area contributed by atoms with Gasteiger partial charge in [-0.15, -0.1) is 0 Å². The highest BCUT2D eigenvalue weighted by Gasteiger charge is 1.97. The van der Waals surface area contributed by atoms with E-state index in [0.29, 0.717) is 5.82 Å². The zero-order valence-corrected chi connectivity index (χ0v) is 5.46. The van der Waals surface area contributed by atoms with Gasteiger partial charge >= 0.3 is 0 Å². The van der Waals surface area contributed by atoms with Crippen LogP contribution < -0.4 is 11.3 Å². The Morgan fingerprint density at radius 2 is 2.00 bits per heavy atom. The lowest BCUT2D eigenvalue weighted by Crippen LogP contribution is -2.16. The molecule has 0 atom stereocenters. The molecule has 9 heavy (non-hydrogen) atoms. The molecule has 0 saturated heterocycles. The van der Waals surface area contributed by atoms with E-state index < -0.39 is 0 Å². The molecule has 0 bridgehead atoms. The smallest absolute Gasteiger partial charge is 0.268 e. The summed E-state index contributed by atoms with van der Waals surface area (Å²) in [4.78, 5) is 10.7. The molecule has 4 nitrogen and oxygen atoms in total. The highest BCUT2D eigenvalue weighted by Crippen LogP contribution is 1.91. The maximum atomic E-state index is 10.7. The van der Waals surface area contributed by atoms with Gasteiger partial charge in [0.1, 0.15) is 5.82 Å². The van der Waals surface area contributed by atoms with Crippen molar-refractivity contribution in [1.29, 1.82) is 0 Å². The molecule has 0 radical (unpaired) electrons. The lowest BCUT2D eigenvalue weighted by Gasteiger charge is -1.98. The molecule has 0 aliphatic carbocycles. The van der Waals surface area contributed by atoms with Crippen LogP contribution >= 0.6 is 0 Å². The Bertz CT molecular complexity index is 270. The number of anilines is 1. The van der Waals surface area contributed by atoms with Crippen LogP contribution in [0.25, 0.3) is 0 Å². The second-order valence-corrected chi connectivity index (χ2v) is 1.95. The molecule has 1 aromatic rings. The van der Waals surface area contributed by atoms with E-state index in [-0.39, 0.29) is 5.56 Å². The second kappa shape index (κ2) is 1.65. The molecule has 0 aliphatic rings. The maximum absolute atomic E-state index is 10.7. The van der Waals surface area contributed by atoms with Crippen molar-refractivity contribution in [1.82, 2.24) is 9.36 Å². The van der Waals surface area contributed by atoms with Crippen molar-refractivity contribution in [3.05, 3.63) is 16.4 Å². The third-order valence-corrected chi connectivity index (χ3v) is 1.41. The van der Waals surface area contributed by atoms with E-state index in [1.807, 2.05) is 0 Å². The molecule has 0 fully saturated rings. The Balaban J connectivity index is 3.47. The summed E-state index contributed by atoms with van der Waals surface area (Å²) in [6.07, 6.45) is 0. The average molecular weight is 127 g/mol. The van der Waals surface area contributed by atoms with Gasteiger partial charge in [-0.25, -0.2) is 0 Å². The van der Waals surface area contributed by atoms with Gasteiger partial charge in [-0.1, -0.05) is 0 Å². The summed E-state index contributed by atoms with van der Waals surface area (Å²) in [6.45, 7) is 0. The summed E-state index contributed by atoms with van der Waals surface area (Å²) in [5, 5.41) is 0. The van der Waals surface area contributed by atoms with Gasteiger partial charge in [0, 0.05) is 20.2 Å². The molecule has 50 valence electrons. The van der Waals surface area contributed by atoms with Crippen LogP contribution in [0.5, 0.6) is 0 Å². The molecule has 1 heterocycles. The van der Waals surface area contributed by atoms with Crippen LogP contribution in [0.15, 0.2) is 10.9 Å². The predicted octanol–water partition coefficient (Wildman–Crippen LogP) is -0.694.